The molecule has 4 rings (SSSR count). The number of hydrogen-bond acceptors (Lipinski definition) is 5. The zero-order valence-electron chi connectivity index (χ0n) is 15.2. The fourth-order valence-electron chi connectivity index (χ4n) is 3.52. The predicted molar refractivity (Wildman–Crippen MR) is 106 cm³/mol. The van der Waals surface area contributed by atoms with Gasteiger partial charge in [0.1, 0.15) is 22.8 Å². The Bertz CT molecular complexity index is 970. The largest absolute Gasteiger partial charge is 0.350 e. The lowest BCUT2D eigenvalue weighted by molar-refractivity contribution is -0.119. The van der Waals surface area contributed by atoms with Gasteiger partial charge in [-0.2, -0.15) is 0 Å². The lowest BCUT2D eigenvalue weighted by Gasteiger charge is -2.22. The van der Waals surface area contributed by atoms with E-state index in [9.17, 15) is 9.18 Å². The number of likely N-dealkylation sites (N-methyl/N-ethyl adjacent to an activating group) is 1. The molecule has 7 heteroatoms. The summed E-state index contributed by atoms with van der Waals surface area (Å²) in [4.78, 5) is 25.8. The summed E-state index contributed by atoms with van der Waals surface area (Å²) in [6.07, 6.45) is 4.93. The smallest absolute Gasteiger partial charge is 0.239 e. The Kier molecular flexibility index (Phi) is 5.03. The number of fused-ring (bicyclic) bond motifs is 3. The summed E-state index contributed by atoms with van der Waals surface area (Å²) in [5, 5.41) is 4.02. The average Bonchev–Trinajstić information content (AvgIpc) is 3.26. The summed E-state index contributed by atoms with van der Waals surface area (Å²) in [7, 11) is 0. The average molecular weight is 384 g/mol. The Labute approximate surface area is 161 Å². The van der Waals surface area contributed by atoms with Crippen molar-refractivity contribution in [3.8, 4) is 0 Å². The van der Waals surface area contributed by atoms with E-state index >= 15 is 0 Å². The normalized spacial score (nSPS) is 13.0. The van der Waals surface area contributed by atoms with Crippen LogP contribution in [0.5, 0.6) is 0 Å². The van der Waals surface area contributed by atoms with Crippen LogP contribution in [0.15, 0.2) is 30.6 Å². The van der Waals surface area contributed by atoms with Crippen molar-refractivity contribution in [1.29, 1.82) is 0 Å². The Morgan fingerprint density at radius 1 is 1.26 bits per heavy atom. The fraction of sp³-hybridized carbons (Fsp3) is 0.350. The molecular weight excluding hydrogens is 363 g/mol. The van der Waals surface area contributed by atoms with Gasteiger partial charge in [-0.3, -0.25) is 4.79 Å². The maximum absolute atomic E-state index is 13.0. The maximum atomic E-state index is 13.0. The lowest BCUT2D eigenvalue weighted by atomic mass is 10.2. The van der Waals surface area contributed by atoms with Gasteiger partial charge in [0.25, 0.3) is 0 Å². The molecule has 1 N–H and O–H groups in total. The van der Waals surface area contributed by atoms with E-state index in [1.165, 1.54) is 29.0 Å². The fourth-order valence-corrected chi connectivity index (χ4v) is 4.74. The minimum Gasteiger partial charge on any atom is -0.350 e. The van der Waals surface area contributed by atoms with E-state index in [0.29, 0.717) is 13.1 Å². The lowest BCUT2D eigenvalue weighted by Crippen LogP contribution is -2.37. The number of nitrogens with one attached hydrogen (secondary N) is 1. The highest BCUT2D eigenvalue weighted by molar-refractivity contribution is 7.19. The van der Waals surface area contributed by atoms with Crippen molar-refractivity contribution in [3.05, 3.63) is 52.4 Å². The Hall–Kier alpha value is -2.54. The standard InChI is InChI=1S/C20H21FN4OS/c1-2-25(11-17(26)22-10-13-6-8-14(21)9-7-13)19-18-15-4-3-5-16(15)27-20(18)24-12-23-19/h6-9,12H,2-5,10-11H2,1H3,(H,22,26). The molecule has 3 aromatic rings. The second-order valence-electron chi connectivity index (χ2n) is 6.65. The number of anilines is 1. The van der Waals surface area contributed by atoms with Crippen LogP contribution >= 0.6 is 11.3 Å². The van der Waals surface area contributed by atoms with Crippen molar-refractivity contribution in [3.63, 3.8) is 0 Å². The van der Waals surface area contributed by atoms with Gasteiger partial charge >= 0.3 is 0 Å². The third-order valence-electron chi connectivity index (χ3n) is 4.90. The van der Waals surface area contributed by atoms with Crippen LogP contribution < -0.4 is 10.2 Å². The van der Waals surface area contributed by atoms with E-state index in [2.05, 4.69) is 15.3 Å². The quantitative estimate of drug-likeness (QED) is 0.707. The molecule has 1 aliphatic carbocycles. The Morgan fingerprint density at radius 3 is 2.85 bits per heavy atom. The van der Waals surface area contributed by atoms with Crippen LogP contribution in [-0.2, 0) is 24.2 Å². The van der Waals surface area contributed by atoms with Crippen LogP contribution in [-0.4, -0.2) is 29.0 Å². The molecule has 0 unspecified atom stereocenters. The van der Waals surface area contributed by atoms with Gasteiger partial charge in [0.05, 0.1) is 11.9 Å². The van der Waals surface area contributed by atoms with Gasteiger partial charge in [-0.1, -0.05) is 12.1 Å². The van der Waals surface area contributed by atoms with Gasteiger partial charge in [-0.15, -0.1) is 11.3 Å². The molecule has 0 radical (unpaired) electrons. The number of carbonyl (C=O) groups excluding carboxylic acids is 1. The van der Waals surface area contributed by atoms with Gasteiger partial charge in [-0.25, -0.2) is 14.4 Å². The number of aromatic nitrogens is 2. The number of amides is 1. The van der Waals surface area contributed by atoms with Crippen molar-refractivity contribution < 1.29 is 9.18 Å². The summed E-state index contributed by atoms with van der Waals surface area (Å²) < 4.78 is 13.0. The van der Waals surface area contributed by atoms with E-state index in [0.717, 1.165) is 34.4 Å². The number of halogens is 1. The molecule has 0 atom stereocenters. The summed E-state index contributed by atoms with van der Waals surface area (Å²) in [5.74, 6) is 0.483. The van der Waals surface area contributed by atoms with Crippen molar-refractivity contribution in [1.82, 2.24) is 15.3 Å². The highest BCUT2D eigenvalue weighted by atomic mass is 32.1. The first-order valence-corrected chi connectivity index (χ1v) is 9.98. The number of carbonyl (C=O) groups is 1. The van der Waals surface area contributed by atoms with Crippen LogP contribution in [0.3, 0.4) is 0 Å². The number of hydrogen-bond donors (Lipinski definition) is 1. The minimum absolute atomic E-state index is 0.0835. The zero-order chi connectivity index (χ0) is 18.8. The molecule has 2 aromatic heterocycles. The van der Waals surface area contributed by atoms with Gasteiger partial charge < -0.3 is 10.2 Å². The predicted octanol–water partition coefficient (Wildman–Crippen LogP) is 3.46. The van der Waals surface area contributed by atoms with E-state index < -0.39 is 0 Å². The molecule has 0 saturated heterocycles. The van der Waals surface area contributed by atoms with Crippen molar-refractivity contribution >= 4 is 33.3 Å². The summed E-state index contributed by atoms with van der Waals surface area (Å²) in [6.45, 7) is 3.31. The van der Waals surface area contributed by atoms with Gasteiger partial charge in [0.2, 0.25) is 5.91 Å². The molecule has 0 fully saturated rings. The van der Waals surface area contributed by atoms with Gasteiger partial charge in [-0.05, 0) is 49.4 Å². The first-order chi connectivity index (χ1) is 13.2. The van der Waals surface area contributed by atoms with E-state index in [4.69, 9.17) is 0 Å². The molecule has 2 heterocycles. The Balaban J connectivity index is 1.50. The van der Waals surface area contributed by atoms with Crippen LogP contribution in [0.1, 0.15) is 29.3 Å². The highest BCUT2D eigenvalue weighted by Gasteiger charge is 2.23. The van der Waals surface area contributed by atoms with E-state index in [1.54, 1.807) is 29.8 Å². The van der Waals surface area contributed by atoms with Crippen LogP contribution in [0, 0.1) is 5.82 Å². The monoisotopic (exact) mass is 384 g/mol. The summed E-state index contributed by atoms with van der Waals surface area (Å²) >= 11 is 1.75. The second-order valence-corrected chi connectivity index (χ2v) is 7.74. The minimum atomic E-state index is -0.279. The molecule has 1 aromatic carbocycles. The van der Waals surface area contributed by atoms with Crippen molar-refractivity contribution in [2.45, 2.75) is 32.7 Å². The highest BCUT2D eigenvalue weighted by Crippen LogP contribution is 2.39. The number of aryl methyl sites for hydroxylation is 2. The first kappa shape index (κ1) is 17.9. The van der Waals surface area contributed by atoms with Crippen LogP contribution in [0.4, 0.5) is 10.2 Å². The third-order valence-corrected chi connectivity index (χ3v) is 6.10. The summed E-state index contributed by atoms with van der Waals surface area (Å²) in [5.41, 5.74) is 2.23. The Morgan fingerprint density at radius 2 is 2.07 bits per heavy atom. The molecule has 5 nitrogen and oxygen atoms in total. The molecule has 0 aliphatic heterocycles. The van der Waals surface area contributed by atoms with Gasteiger partial charge in [0, 0.05) is 18.0 Å². The molecule has 27 heavy (non-hydrogen) atoms. The molecule has 1 amide bonds. The summed E-state index contributed by atoms with van der Waals surface area (Å²) in [6, 6.07) is 6.15. The molecule has 140 valence electrons. The van der Waals surface area contributed by atoms with E-state index in [-0.39, 0.29) is 18.3 Å². The SMILES string of the molecule is CCN(CC(=O)NCc1ccc(F)cc1)c1ncnc2sc3c(c12)CCC3. The van der Waals surface area contributed by atoms with Crippen LogP contribution in [0.25, 0.3) is 10.2 Å². The van der Waals surface area contributed by atoms with E-state index in [1.807, 2.05) is 11.8 Å². The number of rotatable bonds is 6. The number of benzene rings is 1. The topological polar surface area (TPSA) is 58.1 Å². The van der Waals surface area contributed by atoms with Crippen LogP contribution in [0.2, 0.25) is 0 Å². The second kappa shape index (κ2) is 7.60. The maximum Gasteiger partial charge on any atom is 0.239 e. The zero-order valence-corrected chi connectivity index (χ0v) is 16.0. The molecule has 0 bridgehead atoms. The van der Waals surface area contributed by atoms with Gasteiger partial charge in [0.15, 0.2) is 0 Å². The molecule has 0 spiro atoms. The number of thiophene rings is 1. The van der Waals surface area contributed by atoms with Crippen molar-refractivity contribution in [2.75, 3.05) is 18.0 Å². The third kappa shape index (κ3) is 3.64. The first-order valence-electron chi connectivity index (χ1n) is 9.17. The number of nitrogens with zero attached hydrogens (tertiary/aromatic N) is 3. The molecular formula is C20H21FN4OS. The van der Waals surface area contributed by atoms with Crippen molar-refractivity contribution in [2.24, 2.45) is 0 Å². The molecule has 1 aliphatic rings. The molecule has 0 saturated carbocycles.